The van der Waals surface area contributed by atoms with Crippen LogP contribution in [0.3, 0.4) is 0 Å². The Morgan fingerprint density at radius 3 is 2.81 bits per heavy atom. The molecule has 1 aromatic carbocycles. The van der Waals surface area contributed by atoms with Gasteiger partial charge in [0, 0.05) is 20.1 Å². The van der Waals surface area contributed by atoms with E-state index >= 15 is 0 Å². The lowest BCUT2D eigenvalue weighted by atomic mass is 9.97. The lowest BCUT2D eigenvalue weighted by Gasteiger charge is -2.31. The molecule has 2 aromatic rings. The van der Waals surface area contributed by atoms with Crippen molar-refractivity contribution in [2.24, 2.45) is 0 Å². The minimum absolute atomic E-state index is 0.00796. The van der Waals surface area contributed by atoms with E-state index in [1.54, 1.807) is 24.1 Å². The molecule has 1 N–H and O–H groups in total. The van der Waals surface area contributed by atoms with E-state index in [4.69, 9.17) is 4.52 Å². The Hall–Kier alpha value is -2.77. The molecule has 0 radical (unpaired) electrons. The van der Waals surface area contributed by atoms with Gasteiger partial charge in [-0.1, -0.05) is 17.3 Å². The normalized spacial score (nSPS) is 17.2. The number of nitrogens with one attached hydrogen (secondary N) is 1. The van der Waals surface area contributed by atoms with Crippen molar-refractivity contribution in [2.75, 3.05) is 20.1 Å². The molecule has 7 nitrogen and oxygen atoms in total. The van der Waals surface area contributed by atoms with Crippen molar-refractivity contribution in [3.05, 3.63) is 47.4 Å². The monoisotopic (exact) mass is 360 g/mol. The highest BCUT2D eigenvalue weighted by atomic mass is 19.1. The zero-order valence-electron chi connectivity index (χ0n) is 14.6. The lowest BCUT2D eigenvalue weighted by molar-refractivity contribution is -0.131. The molecule has 2 amide bonds. The van der Waals surface area contributed by atoms with Crippen LogP contribution < -0.4 is 5.32 Å². The molecule has 1 saturated heterocycles. The first kappa shape index (κ1) is 18.0. The van der Waals surface area contributed by atoms with Crippen LogP contribution in [-0.4, -0.2) is 47.0 Å². The molecule has 1 atom stereocenters. The van der Waals surface area contributed by atoms with Gasteiger partial charge < -0.3 is 14.7 Å². The van der Waals surface area contributed by atoms with Gasteiger partial charge in [-0.2, -0.15) is 4.98 Å². The number of likely N-dealkylation sites (tertiary alicyclic amines) is 1. The van der Waals surface area contributed by atoms with Gasteiger partial charge in [0.05, 0.1) is 18.8 Å². The molecule has 3 rings (SSSR count). The van der Waals surface area contributed by atoms with E-state index in [2.05, 4.69) is 15.5 Å². The van der Waals surface area contributed by atoms with Crippen LogP contribution in [0, 0.1) is 5.82 Å². The first-order valence-electron chi connectivity index (χ1n) is 8.60. The molecule has 26 heavy (non-hydrogen) atoms. The number of piperidine rings is 1. The molecular formula is C18H21FN4O3. The van der Waals surface area contributed by atoms with Crippen molar-refractivity contribution >= 4 is 11.8 Å². The van der Waals surface area contributed by atoms with Crippen molar-refractivity contribution in [1.82, 2.24) is 20.4 Å². The van der Waals surface area contributed by atoms with Gasteiger partial charge in [-0.25, -0.2) is 4.39 Å². The third-order valence-electron chi connectivity index (χ3n) is 4.47. The summed E-state index contributed by atoms with van der Waals surface area (Å²) in [7, 11) is 1.55. The fourth-order valence-corrected chi connectivity index (χ4v) is 3.03. The van der Waals surface area contributed by atoms with Gasteiger partial charge in [0.2, 0.25) is 17.7 Å². The van der Waals surface area contributed by atoms with Gasteiger partial charge in [-0.3, -0.25) is 9.59 Å². The maximum Gasteiger partial charge on any atom is 0.231 e. The number of aromatic nitrogens is 2. The first-order valence-corrected chi connectivity index (χ1v) is 8.60. The van der Waals surface area contributed by atoms with E-state index in [-0.39, 0.29) is 36.4 Å². The van der Waals surface area contributed by atoms with Gasteiger partial charge in [0.15, 0.2) is 5.82 Å². The van der Waals surface area contributed by atoms with E-state index in [9.17, 15) is 14.0 Å². The van der Waals surface area contributed by atoms with Crippen LogP contribution in [0.25, 0.3) is 0 Å². The van der Waals surface area contributed by atoms with Crippen LogP contribution in [0.4, 0.5) is 4.39 Å². The Bertz CT molecular complexity index is 775. The van der Waals surface area contributed by atoms with Crippen molar-refractivity contribution in [2.45, 2.75) is 31.6 Å². The molecule has 8 heteroatoms. The number of hydrogen-bond donors (Lipinski definition) is 1. The third-order valence-corrected chi connectivity index (χ3v) is 4.47. The van der Waals surface area contributed by atoms with Gasteiger partial charge in [-0.15, -0.1) is 0 Å². The Morgan fingerprint density at radius 1 is 1.31 bits per heavy atom. The van der Waals surface area contributed by atoms with Crippen LogP contribution in [0.5, 0.6) is 0 Å². The highest BCUT2D eigenvalue weighted by molar-refractivity contribution is 5.79. The number of benzene rings is 1. The van der Waals surface area contributed by atoms with E-state index in [0.29, 0.717) is 24.8 Å². The Balaban J connectivity index is 1.60. The Kier molecular flexibility index (Phi) is 5.60. The van der Waals surface area contributed by atoms with Crippen LogP contribution in [0.15, 0.2) is 28.8 Å². The summed E-state index contributed by atoms with van der Waals surface area (Å²) in [5.74, 6) is 0.260. The number of likely N-dealkylation sites (N-methyl/N-ethyl adjacent to an activating group) is 1. The Morgan fingerprint density at radius 2 is 2.08 bits per heavy atom. The molecule has 138 valence electrons. The van der Waals surface area contributed by atoms with Crippen molar-refractivity contribution in [3.63, 3.8) is 0 Å². The summed E-state index contributed by atoms with van der Waals surface area (Å²) in [5.41, 5.74) is 0.782. The number of hydrogen-bond acceptors (Lipinski definition) is 5. The zero-order chi connectivity index (χ0) is 18.5. The summed E-state index contributed by atoms with van der Waals surface area (Å²) in [6, 6.07) is 5.96. The second-order valence-corrected chi connectivity index (χ2v) is 6.38. The van der Waals surface area contributed by atoms with E-state index in [1.165, 1.54) is 12.1 Å². The van der Waals surface area contributed by atoms with Crippen molar-refractivity contribution in [3.8, 4) is 0 Å². The number of amides is 2. The molecule has 1 unspecified atom stereocenters. The van der Waals surface area contributed by atoms with Gasteiger partial charge in [0.1, 0.15) is 5.82 Å². The maximum absolute atomic E-state index is 13.0. The average molecular weight is 360 g/mol. The SMILES string of the molecule is CNC(=O)Cc1noc(C2CCCN(C(=O)Cc3ccc(F)cc3)C2)n1. The number of rotatable bonds is 5. The van der Waals surface area contributed by atoms with Gasteiger partial charge >= 0.3 is 0 Å². The summed E-state index contributed by atoms with van der Waals surface area (Å²) in [6.07, 6.45) is 1.99. The standard InChI is InChI=1S/C18H21FN4O3/c1-20-16(24)10-15-21-18(26-22-15)13-3-2-8-23(11-13)17(25)9-12-4-6-14(19)7-5-12/h4-7,13H,2-3,8-11H2,1H3,(H,20,24). The second-order valence-electron chi connectivity index (χ2n) is 6.38. The molecular weight excluding hydrogens is 339 g/mol. The minimum atomic E-state index is -0.316. The van der Waals surface area contributed by atoms with E-state index < -0.39 is 0 Å². The van der Waals surface area contributed by atoms with Crippen LogP contribution in [0.1, 0.15) is 36.0 Å². The molecule has 2 heterocycles. The highest BCUT2D eigenvalue weighted by Crippen LogP contribution is 2.26. The quantitative estimate of drug-likeness (QED) is 0.872. The molecule has 0 bridgehead atoms. The van der Waals surface area contributed by atoms with E-state index in [1.807, 2.05) is 0 Å². The smallest absolute Gasteiger partial charge is 0.231 e. The predicted octanol–water partition coefficient (Wildman–Crippen LogP) is 1.45. The molecule has 1 aliphatic heterocycles. The van der Waals surface area contributed by atoms with Crippen molar-refractivity contribution in [1.29, 1.82) is 0 Å². The summed E-state index contributed by atoms with van der Waals surface area (Å²) in [4.78, 5) is 30.0. The average Bonchev–Trinajstić information content (AvgIpc) is 3.12. The largest absolute Gasteiger partial charge is 0.359 e. The molecule has 1 aliphatic rings. The first-order chi connectivity index (χ1) is 12.5. The minimum Gasteiger partial charge on any atom is -0.359 e. The Labute approximate surface area is 150 Å². The molecule has 1 fully saturated rings. The summed E-state index contributed by atoms with van der Waals surface area (Å²) in [5, 5.41) is 6.35. The molecule has 0 saturated carbocycles. The van der Waals surface area contributed by atoms with Crippen LogP contribution in [0.2, 0.25) is 0 Å². The summed E-state index contributed by atoms with van der Waals surface area (Å²) in [6.45, 7) is 1.18. The second kappa shape index (κ2) is 8.07. The number of nitrogens with zero attached hydrogens (tertiary/aromatic N) is 3. The molecule has 0 aliphatic carbocycles. The van der Waals surface area contributed by atoms with Crippen LogP contribution >= 0.6 is 0 Å². The fourth-order valence-electron chi connectivity index (χ4n) is 3.03. The number of carbonyl (C=O) groups is 2. The van der Waals surface area contributed by atoms with Gasteiger partial charge in [-0.05, 0) is 30.5 Å². The van der Waals surface area contributed by atoms with Crippen LogP contribution in [-0.2, 0) is 22.4 Å². The van der Waals surface area contributed by atoms with E-state index in [0.717, 1.165) is 18.4 Å². The maximum atomic E-state index is 13.0. The number of carbonyl (C=O) groups excluding carboxylic acids is 2. The molecule has 1 aromatic heterocycles. The summed E-state index contributed by atoms with van der Waals surface area (Å²) >= 11 is 0. The van der Waals surface area contributed by atoms with Gasteiger partial charge in [0.25, 0.3) is 0 Å². The summed E-state index contributed by atoms with van der Waals surface area (Å²) < 4.78 is 18.3. The fraction of sp³-hybridized carbons (Fsp3) is 0.444. The molecule has 0 spiro atoms. The third kappa shape index (κ3) is 4.44. The lowest BCUT2D eigenvalue weighted by Crippen LogP contribution is -2.40. The van der Waals surface area contributed by atoms with Crippen molar-refractivity contribution < 1.29 is 18.5 Å². The number of halogens is 1. The predicted molar refractivity (Wildman–Crippen MR) is 90.7 cm³/mol. The topological polar surface area (TPSA) is 88.3 Å². The highest BCUT2D eigenvalue weighted by Gasteiger charge is 2.28. The zero-order valence-corrected chi connectivity index (χ0v) is 14.6.